The average molecular weight is 233 g/mol. The molecule has 0 spiro atoms. The van der Waals surface area contributed by atoms with Crippen LogP contribution in [0.2, 0.25) is 0 Å². The van der Waals surface area contributed by atoms with Crippen molar-refractivity contribution >= 4 is 11.3 Å². The molecule has 1 unspecified atom stereocenters. The summed E-state index contributed by atoms with van der Waals surface area (Å²) in [6.07, 6.45) is 1.87. The van der Waals surface area contributed by atoms with E-state index >= 15 is 0 Å². The minimum atomic E-state index is 0.0353. The van der Waals surface area contributed by atoms with E-state index in [2.05, 4.69) is 34.8 Å². The lowest BCUT2D eigenvalue weighted by Gasteiger charge is -2.15. The van der Waals surface area contributed by atoms with E-state index in [-0.39, 0.29) is 6.04 Å². The van der Waals surface area contributed by atoms with Crippen LogP contribution in [-0.2, 0) is 0 Å². The van der Waals surface area contributed by atoms with Gasteiger partial charge in [-0.25, -0.2) is 5.43 Å². The maximum atomic E-state index is 5.63. The minimum absolute atomic E-state index is 0.0353. The van der Waals surface area contributed by atoms with E-state index in [1.165, 1.54) is 10.4 Å². The zero-order valence-electron chi connectivity index (χ0n) is 9.40. The van der Waals surface area contributed by atoms with Gasteiger partial charge >= 0.3 is 0 Å². The Balaban J connectivity index is 2.37. The van der Waals surface area contributed by atoms with Gasteiger partial charge in [-0.05, 0) is 42.5 Å². The second kappa shape index (κ2) is 4.74. The Morgan fingerprint density at radius 3 is 2.62 bits per heavy atom. The largest absolute Gasteiger partial charge is 0.271 e. The summed E-state index contributed by atoms with van der Waals surface area (Å²) in [4.78, 5) is 5.54. The van der Waals surface area contributed by atoms with Gasteiger partial charge in [0.05, 0.1) is 6.04 Å². The number of nitrogens with zero attached hydrogens (tertiary/aromatic N) is 1. The second-order valence-corrected chi connectivity index (χ2v) is 4.75. The van der Waals surface area contributed by atoms with Crippen LogP contribution < -0.4 is 11.3 Å². The van der Waals surface area contributed by atoms with Crippen LogP contribution in [0.15, 0.2) is 29.8 Å². The summed E-state index contributed by atoms with van der Waals surface area (Å²) in [6.45, 7) is 4.07. The third-order valence-electron chi connectivity index (χ3n) is 2.60. The molecule has 16 heavy (non-hydrogen) atoms. The Labute approximate surface area is 99.3 Å². The number of rotatable bonds is 3. The van der Waals surface area contributed by atoms with E-state index < -0.39 is 0 Å². The Morgan fingerprint density at radius 1 is 1.31 bits per heavy atom. The molecule has 0 saturated heterocycles. The first kappa shape index (κ1) is 11.3. The normalized spacial score (nSPS) is 12.7. The molecule has 0 saturated carbocycles. The Morgan fingerprint density at radius 2 is 2.12 bits per heavy atom. The Hall–Kier alpha value is -1.23. The number of hydrazine groups is 1. The molecule has 0 aliphatic carbocycles. The number of hydrogen-bond donors (Lipinski definition) is 2. The fourth-order valence-corrected chi connectivity index (χ4v) is 2.67. The molecule has 84 valence electrons. The highest BCUT2D eigenvalue weighted by Crippen LogP contribution is 2.28. The summed E-state index contributed by atoms with van der Waals surface area (Å²) in [5.41, 5.74) is 6.22. The van der Waals surface area contributed by atoms with Crippen LogP contribution in [0.4, 0.5) is 0 Å². The maximum absolute atomic E-state index is 5.63. The van der Waals surface area contributed by atoms with Crippen LogP contribution in [0, 0.1) is 13.8 Å². The topological polar surface area (TPSA) is 50.9 Å². The van der Waals surface area contributed by atoms with Gasteiger partial charge in [-0.2, -0.15) is 0 Å². The van der Waals surface area contributed by atoms with Crippen molar-refractivity contribution in [3.8, 4) is 0 Å². The molecule has 1 atom stereocenters. The maximum Gasteiger partial charge on any atom is 0.0820 e. The second-order valence-electron chi connectivity index (χ2n) is 3.80. The van der Waals surface area contributed by atoms with Crippen LogP contribution in [0.5, 0.6) is 0 Å². The number of nitrogens with one attached hydrogen (secondary N) is 1. The van der Waals surface area contributed by atoms with E-state index in [4.69, 9.17) is 5.84 Å². The van der Waals surface area contributed by atoms with Gasteiger partial charge in [0.1, 0.15) is 0 Å². The van der Waals surface area contributed by atoms with Crippen LogP contribution in [0.25, 0.3) is 0 Å². The highest BCUT2D eigenvalue weighted by Gasteiger charge is 2.15. The summed E-state index contributed by atoms with van der Waals surface area (Å²) in [5, 5.41) is 2.08. The van der Waals surface area contributed by atoms with E-state index in [9.17, 15) is 0 Å². The highest BCUT2D eigenvalue weighted by atomic mass is 32.1. The van der Waals surface area contributed by atoms with E-state index in [0.29, 0.717) is 0 Å². The van der Waals surface area contributed by atoms with Crippen molar-refractivity contribution < 1.29 is 0 Å². The average Bonchev–Trinajstić information content (AvgIpc) is 2.69. The molecule has 0 aliphatic heterocycles. The molecule has 2 aromatic rings. The van der Waals surface area contributed by atoms with Gasteiger partial charge in [0.2, 0.25) is 0 Å². The summed E-state index contributed by atoms with van der Waals surface area (Å²) in [7, 11) is 0. The fourth-order valence-electron chi connectivity index (χ4n) is 1.65. The van der Waals surface area contributed by atoms with Gasteiger partial charge in [0.15, 0.2) is 0 Å². The van der Waals surface area contributed by atoms with Crippen molar-refractivity contribution in [1.82, 2.24) is 10.4 Å². The first-order valence-corrected chi connectivity index (χ1v) is 6.03. The summed E-state index contributed by atoms with van der Waals surface area (Å²) in [6, 6.07) is 6.20. The molecule has 0 radical (unpaired) electrons. The molecule has 3 nitrogen and oxygen atoms in total. The zero-order chi connectivity index (χ0) is 11.5. The van der Waals surface area contributed by atoms with Gasteiger partial charge < -0.3 is 0 Å². The van der Waals surface area contributed by atoms with Crippen LogP contribution in [0.3, 0.4) is 0 Å². The third-order valence-corrected chi connectivity index (χ3v) is 3.68. The molecule has 2 aromatic heterocycles. The molecule has 0 fully saturated rings. The summed E-state index contributed by atoms with van der Waals surface area (Å²) >= 11 is 1.71. The lowest BCUT2D eigenvalue weighted by molar-refractivity contribution is 0.641. The third kappa shape index (κ3) is 2.14. The standard InChI is InChI=1S/C12H15N3S/c1-8-5-6-16-12(8)11(15-13)10-4-3-9(2)14-7-10/h3-7,11,15H,13H2,1-2H3. The van der Waals surface area contributed by atoms with Crippen molar-refractivity contribution in [2.24, 2.45) is 5.84 Å². The molecule has 4 heteroatoms. The van der Waals surface area contributed by atoms with Gasteiger partial charge in [0, 0.05) is 16.8 Å². The monoisotopic (exact) mass is 233 g/mol. The minimum Gasteiger partial charge on any atom is -0.271 e. The number of hydrogen-bond acceptors (Lipinski definition) is 4. The van der Waals surface area contributed by atoms with E-state index in [1.807, 2.05) is 19.2 Å². The molecule has 0 aromatic carbocycles. The molecule has 0 aliphatic rings. The number of nitrogens with two attached hydrogens (primary N) is 1. The van der Waals surface area contributed by atoms with Crippen LogP contribution in [0.1, 0.15) is 27.7 Å². The fraction of sp³-hybridized carbons (Fsp3) is 0.250. The van der Waals surface area contributed by atoms with Crippen LogP contribution in [-0.4, -0.2) is 4.98 Å². The molecule has 0 bridgehead atoms. The lowest BCUT2D eigenvalue weighted by atomic mass is 10.1. The first-order valence-electron chi connectivity index (χ1n) is 5.15. The number of thiophene rings is 1. The molecular formula is C12H15N3S. The predicted molar refractivity (Wildman–Crippen MR) is 67.2 cm³/mol. The molecule has 3 N–H and O–H groups in total. The van der Waals surface area contributed by atoms with Gasteiger partial charge in [-0.3, -0.25) is 10.8 Å². The molecule has 0 amide bonds. The quantitative estimate of drug-likeness (QED) is 0.632. The molecule has 2 heterocycles. The first-order chi connectivity index (χ1) is 7.72. The van der Waals surface area contributed by atoms with Crippen molar-refractivity contribution in [3.63, 3.8) is 0 Å². The van der Waals surface area contributed by atoms with Gasteiger partial charge in [-0.15, -0.1) is 11.3 Å². The number of aryl methyl sites for hydroxylation is 2. The predicted octanol–water partition coefficient (Wildman–Crippen LogP) is 2.31. The molecule has 2 rings (SSSR count). The highest BCUT2D eigenvalue weighted by molar-refractivity contribution is 7.10. The van der Waals surface area contributed by atoms with E-state index in [0.717, 1.165) is 11.3 Å². The van der Waals surface area contributed by atoms with Gasteiger partial charge in [-0.1, -0.05) is 6.07 Å². The summed E-state index contributed by atoms with van der Waals surface area (Å²) in [5.74, 6) is 5.63. The Kier molecular flexibility index (Phi) is 3.33. The molecular weight excluding hydrogens is 218 g/mol. The van der Waals surface area contributed by atoms with Crippen molar-refractivity contribution in [3.05, 3.63) is 51.5 Å². The van der Waals surface area contributed by atoms with Gasteiger partial charge in [0.25, 0.3) is 0 Å². The van der Waals surface area contributed by atoms with Crippen molar-refractivity contribution in [1.29, 1.82) is 0 Å². The Bertz CT molecular complexity index is 461. The zero-order valence-corrected chi connectivity index (χ0v) is 10.2. The van der Waals surface area contributed by atoms with Crippen LogP contribution >= 0.6 is 11.3 Å². The van der Waals surface area contributed by atoms with E-state index in [1.54, 1.807) is 11.3 Å². The van der Waals surface area contributed by atoms with Crippen molar-refractivity contribution in [2.75, 3.05) is 0 Å². The number of aromatic nitrogens is 1. The number of pyridine rings is 1. The summed E-state index contributed by atoms with van der Waals surface area (Å²) < 4.78 is 0. The SMILES string of the molecule is Cc1ccc(C(NN)c2sccc2C)cn1. The lowest BCUT2D eigenvalue weighted by Crippen LogP contribution is -2.28. The van der Waals surface area contributed by atoms with Crippen molar-refractivity contribution in [2.45, 2.75) is 19.9 Å². The smallest absolute Gasteiger partial charge is 0.0820 e.